The number of hydrogen-bond donors (Lipinski definition) is 3. The van der Waals surface area contributed by atoms with Crippen molar-refractivity contribution >= 4 is 30.8 Å². The molecule has 45 heavy (non-hydrogen) atoms. The van der Waals surface area contributed by atoms with Crippen LogP contribution in [0.15, 0.2) is 25.1 Å². The topological polar surface area (TPSA) is 274 Å². The molecule has 0 bridgehead atoms. The molecular weight excluding hydrogens is 621 g/mol. The average Bonchev–Trinajstić information content (AvgIpc) is 3.59. The molecule has 4 heterocycles. The standard InChI is InChI=1S/C24H34N9O11P/c1-7-38-19-16-18(28-22(25)29-19)33(10-27-16)21-24(6,31-32-26)17(34)15(43-21)9-40-45(37,30-12(4)20(35)41-11(2)3)39-8-14-13(5)42-23(36)44-14/h10-12,15,17,21,34H,7-9H2,1-6H3,(H,30,37)(H2,25,28,29)/t12-,15+,17+,21+,24+,45?/m0/s1. The number of anilines is 1. The van der Waals surface area contributed by atoms with E-state index in [-0.39, 0.29) is 41.1 Å². The Hall–Kier alpha value is -4.03. The van der Waals surface area contributed by atoms with Gasteiger partial charge in [0.1, 0.15) is 30.1 Å². The summed E-state index contributed by atoms with van der Waals surface area (Å²) < 4.78 is 52.8. The van der Waals surface area contributed by atoms with E-state index in [0.29, 0.717) is 0 Å². The second kappa shape index (κ2) is 13.5. The van der Waals surface area contributed by atoms with Crippen LogP contribution in [0.2, 0.25) is 0 Å². The first-order chi connectivity index (χ1) is 21.2. The summed E-state index contributed by atoms with van der Waals surface area (Å²) >= 11 is 0. The monoisotopic (exact) mass is 655 g/mol. The maximum Gasteiger partial charge on any atom is 0.519 e. The molecule has 1 aliphatic rings. The van der Waals surface area contributed by atoms with Gasteiger partial charge in [-0.15, -0.1) is 0 Å². The van der Waals surface area contributed by atoms with Gasteiger partial charge < -0.3 is 33.9 Å². The fraction of sp³-hybridized carbons (Fsp3) is 0.625. The number of esters is 1. The summed E-state index contributed by atoms with van der Waals surface area (Å²) in [6.07, 6.45) is -3.17. The Balaban J connectivity index is 1.62. The molecule has 0 aliphatic carbocycles. The molecule has 4 N–H and O–H groups in total. The molecule has 21 heteroatoms. The highest BCUT2D eigenvalue weighted by molar-refractivity contribution is 7.51. The number of nitrogens with two attached hydrogens (primary N) is 1. The molecule has 1 aliphatic heterocycles. The number of fused-ring (bicyclic) bond motifs is 1. The Bertz CT molecular complexity index is 1680. The summed E-state index contributed by atoms with van der Waals surface area (Å²) in [5.74, 6) is -1.77. The molecule has 1 unspecified atom stereocenters. The van der Waals surface area contributed by atoms with E-state index in [9.17, 15) is 24.8 Å². The van der Waals surface area contributed by atoms with E-state index in [0.717, 1.165) is 0 Å². The molecule has 20 nitrogen and oxygen atoms in total. The van der Waals surface area contributed by atoms with Crippen molar-refractivity contribution in [2.24, 2.45) is 5.11 Å². The fourth-order valence-corrected chi connectivity index (χ4v) is 5.89. The molecule has 0 aromatic carbocycles. The lowest BCUT2D eigenvalue weighted by atomic mass is 9.93. The van der Waals surface area contributed by atoms with Gasteiger partial charge in [-0.2, -0.15) is 9.97 Å². The van der Waals surface area contributed by atoms with Crippen molar-refractivity contribution in [3.05, 3.63) is 38.9 Å². The van der Waals surface area contributed by atoms with Crippen LogP contribution >= 0.6 is 7.75 Å². The van der Waals surface area contributed by atoms with Gasteiger partial charge >= 0.3 is 19.5 Å². The molecule has 0 radical (unpaired) electrons. The van der Waals surface area contributed by atoms with E-state index >= 15 is 0 Å². The predicted molar refractivity (Wildman–Crippen MR) is 153 cm³/mol. The van der Waals surface area contributed by atoms with Gasteiger partial charge in [0.15, 0.2) is 23.2 Å². The van der Waals surface area contributed by atoms with Gasteiger partial charge in [-0.3, -0.25) is 18.4 Å². The number of aromatic nitrogens is 4. The van der Waals surface area contributed by atoms with Crippen LogP contribution in [-0.2, 0) is 34.5 Å². The van der Waals surface area contributed by atoms with E-state index in [1.165, 1.54) is 31.7 Å². The van der Waals surface area contributed by atoms with Crippen molar-refractivity contribution in [2.45, 2.75) is 84.3 Å². The number of nitrogens with zero attached hydrogens (tertiary/aromatic N) is 7. The number of azide groups is 1. The maximum atomic E-state index is 13.9. The smallest absolute Gasteiger partial charge is 0.476 e. The summed E-state index contributed by atoms with van der Waals surface area (Å²) in [6, 6.07) is -1.19. The number of nitrogen functional groups attached to an aromatic ring is 1. The Kier molecular flexibility index (Phi) is 10.2. The van der Waals surface area contributed by atoms with Crippen LogP contribution in [0.5, 0.6) is 5.88 Å². The zero-order valence-corrected chi connectivity index (χ0v) is 26.2. The number of imidazole rings is 1. The second-order valence-corrected chi connectivity index (χ2v) is 12.1. The molecule has 6 atom stereocenters. The fourth-order valence-electron chi connectivity index (χ4n) is 4.46. The molecule has 3 aromatic rings. The van der Waals surface area contributed by atoms with Gasteiger partial charge in [0.25, 0.3) is 0 Å². The van der Waals surface area contributed by atoms with E-state index < -0.39 is 68.9 Å². The van der Waals surface area contributed by atoms with Crippen molar-refractivity contribution in [1.82, 2.24) is 24.6 Å². The predicted octanol–water partition coefficient (Wildman–Crippen LogP) is 2.26. The number of aliphatic hydroxyl groups excluding tert-OH is 1. The maximum absolute atomic E-state index is 13.9. The molecule has 1 saturated heterocycles. The molecule has 4 rings (SSSR count). The van der Waals surface area contributed by atoms with Crippen LogP contribution in [0.4, 0.5) is 5.95 Å². The largest absolute Gasteiger partial charge is 0.519 e. The van der Waals surface area contributed by atoms with Gasteiger partial charge in [0.05, 0.1) is 31.7 Å². The Morgan fingerprint density at radius 3 is 2.69 bits per heavy atom. The van der Waals surface area contributed by atoms with Crippen LogP contribution < -0.4 is 21.4 Å². The normalized spacial score (nSPS) is 23.5. The Morgan fingerprint density at radius 2 is 2.07 bits per heavy atom. The minimum atomic E-state index is -4.45. The van der Waals surface area contributed by atoms with E-state index in [2.05, 4.69) is 30.1 Å². The zero-order valence-electron chi connectivity index (χ0n) is 25.3. The minimum absolute atomic E-state index is 0.0733. The van der Waals surface area contributed by atoms with Gasteiger partial charge in [-0.25, -0.2) is 19.4 Å². The number of aryl methyl sites for hydroxylation is 1. The molecule has 3 aromatic heterocycles. The summed E-state index contributed by atoms with van der Waals surface area (Å²) in [6.45, 7) is 8.37. The molecule has 0 amide bonds. The van der Waals surface area contributed by atoms with E-state index in [1.807, 2.05) is 0 Å². The lowest BCUT2D eigenvalue weighted by molar-refractivity contribution is -0.149. The second-order valence-electron chi connectivity index (χ2n) is 10.4. The number of carbonyl (C=O) groups excluding carboxylic acids is 1. The summed E-state index contributed by atoms with van der Waals surface area (Å²) in [5, 5.41) is 17.6. The SMILES string of the molecule is CCOc1nc(N)nc2c1ncn2[C@@H]1O[C@H](COP(=O)(N[C@@H](C)C(=O)OC(C)C)OCc2oc(=O)oc2C)[C@@H](O)[C@@]1(C)N=[N+]=[N-]. The molecule has 0 saturated carbocycles. The summed E-state index contributed by atoms with van der Waals surface area (Å²) in [7, 11) is -4.45. The quantitative estimate of drug-likeness (QED) is 0.0738. The third-order valence-electron chi connectivity index (χ3n) is 6.62. The van der Waals surface area contributed by atoms with Gasteiger partial charge in [-0.1, -0.05) is 5.11 Å². The highest BCUT2D eigenvalue weighted by Crippen LogP contribution is 2.48. The number of carbonyl (C=O) groups is 1. The minimum Gasteiger partial charge on any atom is -0.476 e. The van der Waals surface area contributed by atoms with Gasteiger partial charge in [0, 0.05) is 4.91 Å². The van der Waals surface area contributed by atoms with Crippen LogP contribution in [0, 0.1) is 6.92 Å². The summed E-state index contributed by atoms with van der Waals surface area (Å²) in [5.41, 5.74) is 14.0. The first-order valence-corrected chi connectivity index (χ1v) is 15.2. The zero-order chi connectivity index (χ0) is 33.1. The van der Waals surface area contributed by atoms with E-state index in [4.69, 9.17) is 37.8 Å². The first kappa shape index (κ1) is 33.9. The van der Waals surface area contributed by atoms with Crippen LogP contribution in [0.3, 0.4) is 0 Å². The van der Waals surface area contributed by atoms with Crippen molar-refractivity contribution in [2.75, 3.05) is 18.9 Å². The Morgan fingerprint density at radius 1 is 1.33 bits per heavy atom. The van der Waals surface area contributed by atoms with Crippen molar-refractivity contribution in [3.63, 3.8) is 0 Å². The van der Waals surface area contributed by atoms with Crippen molar-refractivity contribution in [1.29, 1.82) is 0 Å². The van der Waals surface area contributed by atoms with E-state index in [1.54, 1.807) is 20.8 Å². The lowest BCUT2D eigenvalue weighted by Crippen LogP contribution is -2.43. The van der Waals surface area contributed by atoms with Crippen LogP contribution in [0.25, 0.3) is 21.6 Å². The highest BCUT2D eigenvalue weighted by Gasteiger charge is 2.55. The number of ether oxygens (including phenoxy) is 3. The molecule has 246 valence electrons. The molecule has 1 fully saturated rings. The van der Waals surface area contributed by atoms with Gasteiger partial charge in [-0.05, 0) is 47.1 Å². The average molecular weight is 656 g/mol. The Labute approximate surface area is 255 Å². The number of hydrogen-bond acceptors (Lipinski definition) is 16. The first-order valence-electron chi connectivity index (χ1n) is 13.7. The molecule has 0 spiro atoms. The van der Waals surface area contributed by atoms with Gasteiger partial charge in [0.2, 0.25) is 11.8 Å². The van der Waals surface area contributed by atoms with Crippen LogP contribution in [0.1, 0.15) is 52.4 Å². The number of rotatable bonds is 14. The van der Waals surface area contributed by atoms with Crippen LogP contribution in [-0.4, -0.2) is 73.7 Å². The lowest BCUT2D eigenvalue weighted by Gasteiger charge is -2.28. The van der Waals surface area contributed by atoms with Crippen molar-refractivity contribution in [3.8, 4) is 5.88 Å². The molecular formula is C24H34N9O11P. The summed E-state index contributed by atoms with van der Waals surface area (Å²) in [4.78, 5) is 39.4. The third kappa shape index (κ3) is 7.28. The van der Waals surface area contributed by atoms with Crippen molar-refractivity contribution < 1.29 is 46.6 Å². The number of nitrogens with one attached hydrogen (secondary N) is 1. The third-order valence-corrected chi connectivity index (χ3v) is 8.28. The highest BCUT2D eigenvalue weighted by atomic mass is 31.2. The number of aliphatic hydroxyl groups is 1.